The van der Waals surface area contributed by atoms with Gasteiger partial charge >= 0.3 is 0 Å². The zero-order chi connectivity index (χ0) is 15.0. The number of hydrogen-bond acceptors (Lipinski definition) is 3. The van der Waals surface area contributed by atoms with E-state index in [0.717, 1.165) is 11.7 Å². The van der Waals surface area contributed by atoms with Crippen LogP contribution in [0.5, 0.6) is 5.75 Å². The van der Waals surface area contributed by atoms with Crippen molar-refractivity contribution in [2.24, 2.45) is 5.92 Å². The molecule has 1 aromatic carbocycles. The van der Waals surface area contributed by atoms with E-state index in [4.69, 9.17) is 10.00 Å². The molecule has 0 bridgehead atoms. The molecular weight excluding hydrogens is 248 g/mol. The van der Waals surface area contributed by atoms with Crippen LogP contribution in [0.2, 0.25) is 0 Å². The maximum atomic E-state index is 8.47. The second kappa shape index (κ2) is 8.60. The van der Waals surface area contributed by atoms with Gasteiger partial charge in [-0.2, -0.15) is 5.26 Å². The second-order valence-electron chi connectivity index (χ2n) is 5.78. The van der Waals surface area contributed by atoms with Gasteiger partial charge in [-0.05, 0) is 50.3 Å². The summed E-state index contributed by atoms with van der Waals surface area (Å²) in [5.41, 5.74) is 1.24. The Morgan fingerprint density at radius 2 is 1.75 bits per heavy atom. The summed E-state index contributed by atoms with van der Waals surface area (Å²) in [6.45, 7) is 9.03. The minimum absolute atomic E-state index is 0.0966. The predicted octanol–water partition coefficient (Wildman–Crippen LogP) is 4.06. The third kappa shape index (κ3) is 6.08. The fraction of sp³-hybridized carbons (Fsp3) is 0.588. The zero-order valence-corrected chi connectivity index (χ0v) is 13.0. The van der Waals surface area contributed by atoms with E-state index >= 15 is 0 Å². The van der Waals surface area contributed by atoms with Crippen molar-refractivity contribution in [1.29, 1.82) is 5.26 Å². The molecule has 110 valence electrons. The number of benzene rings is 1. The highest BCUT2D eigenvalue weighted by Gasteiger charge is 2.10. The topological polar surface area (TPSA) is 45.0 Å². The fourth-order valence-corrected chi connectivity index (χ4v) is 2.16. The van der Waals surface area contributed by atoms with E-state index in [1.54, 1.807) is 0 Å². The van der Waals surface area contributed by atoms with E-state index in [-0.39, 0.29) is 6.61 Å². The Balaban J connectivity index is 2.46. The molecule has 0 saturated carbocycles. The SMILES string of the molecule is CC(C)CCC(C)NC(C)c1ccc(OCC#N)cc1. The molecule has 3 heteroatoms. The van der Waals surface area contributed by atoms with Gasteiger partial charge in [0.05, 0.1) is 0 Å². The molecule has 0 aliphatic carbocycles. The van der Waals surface area contributed by atoms with E-state index in [9.17, 15) is 0 Å². The van der Waals surface area contributed by atoms with Crippen molar-refractivity contribution < 1.29 is 4.74 Å². The monoisotopic (exact) mass is 274 g/mol. The van der Waals surface area contributed by atoms with Crippen molar-refractivity contribution in [1.82, 2.24) is 5.32 Å². The Morgan fingerprint density at radius 1 is 1.10 bits per heavy atom. The average molecular weight is 274 g/mol. The van der Waals surface area contributed by atoms with Crippen LogP contribution in [-0.4, -0.2) is 12.6 Å². The number of nitriles is 1. The molecule has 3 nitrogen and oxygen atoms in total. The van der Waals surface area contributed by atoms with Crippen LogP contribution in [0.25, 0.3) is 0 Å². The fourth-order valence-electron chi connectivity index (χ4n) is 2.16. The highest BCUT2D eigenvalue weighted by Crippen LogP contribution is 2.19. The van der Waals surface area contributed by atoms with E-state index < -0.39 is 0 Å². The molecule has 0 fully saturated rings. The molecule has 0 aliphatic heterocycles. The van der Waals surface area contributed by atoms with Crippen molar-refractivity contribution >= 4 is 0 Å². The number of nitrogens with zero attached hydrogens (tertiary/aromatic N) is 1. The van der Waals surface area contributed by atoms with Gasteiger partial charge in [0.2, 0.25) is 0 Å². The number of rotatable bonds is 8. The molecule has 2 atom stereocenters. The van der Waals surface area contributed by atoms with Gasteiger partial charge in [-0.3, -0.25) is 0 Å². The molecule has 1 aromatic rings. The largest absolute Gasteiger partial charge is 0.479 e. The lowest BCUT2D eigenvalue weighted by atomic mass is 10.0. The Morgan fingerprint density at radius 3 is 2.30 bits per heavy atom. The molecule has 0 radical (unpaired) electrons. The normalized spacial score (nSPS) is 13.8. The standard InChI is InChI=1S/C17H26N2O/c1-13(2)5-6-14(3)19-15(4)16-7-9-17(10-8-16)20-12-11-18/h7-10,13-15,19H,5-6,12H2,1-4H3. The van der Waals surface area contributed by atoms with Gasteiger partial charge in [0, 0.05) is 12.1 Å². The molecular formula is C17H26N2O. The number of hydrogen-bond donors (Lipinski definition) is 1. The summed E-state index contributed by atoms with van der Waals surface area (Å²) in [6.07, 6.45) is 2.45. The van der Waals surface area contributed by atoms with Crippen molar-refractivity contribution in [3.05, 3.63) is 29.8 Å². The Kier molecular flexibility index (Phi) is 7.11. The van der Waals surface area contributed by atoms with Crippen LogP contribution in [-0.2, 0) is 0 Å². The summed E-state index contributed by atoms with van der Waals surface area (Å²) in [6, 6.07) is 10.8. The maximum Gasteiger partial charge on any atom is 0.174 e. The summed E-state index contributed by atoms with van der Waals surface area (Å²) in [5.74, 6) is 1.50. The smallest absolute Gasteiger partial charge is 0.174 e. The van der Waals surface area contributed by atoms with Gasteiger partial charge in [0.1, 0.15) is 11.8 Å². The summed E-state index contributed by atoms with van der Waals surface area (Å²) in [5, 5.41) is 12.1. The quantitative estimate of drug-likeness (QED) is 0.777. The van der Waals surface area contributed by atoms with Crippen molar-refractivity contribution in [2.75, 3.05) is 6.61 Å². The van der Waals surface area contributed by atoms with Gasteiger partial charge in [0.25, 0.3) is 0 Å². The lowest BCUT2D eigenvalue weighted by Gasteiger charge is -2.21. The van der Waals surface area contributed by atoms with Crippen LogP contribution in [0.15, 0.2) is 24.3 Å². The van der Waals surface area contributed by atoms with Crippen molar-refractivity contribution in [3.63, 3.8) is 0 Å². The third-order valence-electron chi connectivity index (χ3n) is 3.40. The van der Waals surface area contributed by atoms with Crippen LogP contribution in [0, 0.1) is 17.2 Å². The van der Waals surface area contributed by atoms with E-state index in [1.807, 2.05) is 18.2 Å². The van der Waals surface area contributed by atoms with Crippen LogP contribution in [0.1, 0.15) is 52.1 Å². The number of nitrogens with one attached hydrogen (secondary N) is 1. The molecule has 0 aromatic heterocycles. The molecule has 0 aliphatic rings. The highest BCUT2D eigenvalue weighted by atomic mass is 16.5. The Hall–Kier alpha value is -1.53. The first-order valence-electron chi connectivity index (χ1n) is 7.38. The van der Waals surface area contributed by atoms with Crippen molar-refractivity contribution in [2.45, 2.75) is 52.6 Å². The Labute approximate surface area is 123 Å². The van der Waals surface area contributed by atoms with Crippen LogP contribution in [0.3, 0.4) is 0 Å². The Bertz CT molecular complexity index is 420. The first-order valence-corrected chi connectivity index (χ1v) is 7.38. The van der Waals surface area contributed by atoms with Gasteiger partial charge in [-0.1, -0.05) is 26.0 Å². The maximum absolute atomic E-state index is 8.47. The molecule has 0 amide bonds. The van der Waals surface area contributed by atoms with Crippen LogP contribution >= 0.6 is 0 Å². The molecule has 0 spiro atoms. The molecule has 0 saturated heterocycles. The highest BCUT2D eigenvalue weighted by molar-refractivity contribution is 5.29. The summed E-state index contributed by atoms with van der Waals surface area (Å²) >= 11 is 0. The zero-order valence-electron chi connectivity index (χ0n) is 13.0. The van der Waals surface area contributed by atoms with E-state index in [2.05, 4.69) is 45.1 Å². The lowest BCUT2D eigenvalue weighted by molar-refractivity contribution is 0.367. The van der Waals surface area contributed by atoms with Gasteiger partial charge in [-0.25, -0.2) is 0 Å². The second-order valence-corrected chi connectivity index (χ2v) is 5.78. The molecule has 2 unspecified atom stereocenters. The molecule has 1 rings (SSSR count). The first kappa shape index (κ1) is 16.5. The molecule has 0 heterocycles. The van der Waals surface area contributed by atoms with Crippen LogP contribution < -0.4 is 10.1 Å². The van der Waals surface area contributed by atoms with Gasteiger partial charge < -0.3 is 10.1 Å². The van der Waals surface area contributed by atoms with Crippen LogP contribution in [0.4, 0.5) is 0 Å². The summed E-state index contributed by atoms with van der Waals surface area (Å²) in [4.78, 5) is 0. The summed E-state index contributed by atoms with van der Waals surface area (Å²) < 4.78 is 5.25. The van der Waals surface area contributed by atoms with Gasteiger partial charge in [-0.15, -0.1) is 0 Å². The minimum atomic E-state index is 0.0966. The third-order valence-corrected chi connectivity index (χ3v) is 3.40. The minimum Gasteiger partial charge on any atom is -0.479 e. The van der Waals surface area contributed by atoms with E-state index in [1.165, 1.54) is 18.4 Å². The average Bonchev–Trinajstić information content (AvgIpc) is 2.43. The number of ether oxygens (including phenoxy) is 1. The van der Waals surface area contributed by atoms with E-state index in [0.29, 0.717) is 12.1 Å². The first-order chi connectivity index (χ1) is 9.52. The summed E-state index contributed by atoms with van der Waals surface area (Å²) in [7, 11) is 0. The van der Waals surface area contributed by atoms with Gasteiger partial charge in [0.15, 0.2) is 6.61 Å². The molecule has 1 N–H and O–H groups in total. The predicted molar refractivity (Wildman–Crippen MR) is 82.6 cm³/mol. The lowest BCUT2D eigenvalue weighted by Crippen LogP contribution is -2.29. The van der Waals surface area contributed by atoms with Crippen molar-refractivity contribution in [3.8, 4) is 11.8 Å². The molecule has 20 heavy (non-hydrogen) atoms.